The number of Topliss-reactive ketones (excluding diaryl/α,β-unsaturated/α-hetero) is 1. The molecule has 0 amide bonds. The number of hydrogen-bond acceptors (Lipinski definition) is 5. The van der Waals surface area contributed by atoms with Crippen molar-refractivity contribution in [2.75, 3.05) is 11.9 Å². The second kappa shape index (κ2) is 7.74. The van der Waals surface area contributed by atoms with Gasteiger partial charge in [0.1, 0.15) is 11.5 Å². The highest BCUT2D eigenvalue weighted by Crippen LogP contribution is 2.25. The number of carbonyl (C=O) groups excluding carboxylic acids is 2. The first-order valence-corrected chi connectivity index (χ1v) is 9.56. The molecule has 0 bridgehead atoms. The van der Waals surface area contributed by atoms with Gasteiger partial charge in [-0.2, -0.15) is 0 Å². The van der Waals surface area contributed by atoms with E-state index in [0.29, 0.717) is 25.1 Å². The molecule has 7 heteroatoms. The van der Waals surface area contributed by atoms with E-state index in [9.17, 15) is 14.0 Å². The fourth-order valence-electron chi connectivity index (χ4n) is 3.11. The average Bonchev–Trinajstić information content (AvgIpc) is 3.32. The molecule has 140 valence electrons. The molecule has 0 saturated heterocycles. The molecular formula is C21H16FN3O2S. The molecule has 0 atom stereocenters. The predicted molar refractivity (Wildman–Crippen MR) is 108 cm³/mol. The number of ketones is 1. The topological polar surface area (TPSA) is 64.0 Å². The van der Waals surface area contributed by atoms with Gasteiger partial charge in [0.15, 0.2) is 11.4 Å². The molecule has 5 nitrogen and oxygen atoms in total. The van der Waals surface area contributed by atoms with Crippen LogP contribution in [0.15, 0.2) is 60.1 Å². The quantitative estimate of drug-likeness (QED) is 0.287. The van der Waals surface area contributed by atoms with Gasteiger partial charge in [0.05, 0.1) is 5.69 Å². The van der Waals surface area contributed by atoms with E-state index in [1.807, 2.05) is 35.8 Å². The van der Waals surface area contributed by atoms with Gasteiger partial charge in [0.25, 0.3) is 0 Å². The summed E-state index contributed by atoms with van der Waals surface area (Å²) < 4.78 is 14.8. The van der Waals surface area contributed by atoms with Gasteiger partial charge in [0.2, 0.25) is 5.78 Å². The Bertz CT molecular complexity index is 1150. The third-order valence-electron chi connectivity index (χ3n) is 4.41. The third-order valence-corrected chi connectivity index (χ3v) is 5.21. The van der Waals surface area contributed by atoms with E-state index in [1.165, 1.54) is 23.5 Å². The highest BCUT2D eigenvalue weighted by atomic mass is 32.1. The Labute approximate surface area is 164 Å². The first kappa shape index (κ1) is 18.1. The van der Waals surface area contributed by atoms with Gasteiger partial charge < -0.3 is 9.88 Å². The number of aldehydes is 1. The van der Waals surface area contributed by atoms with Crippen molar-refractivity contribution in [2.24, 2.45) is 0 Å². The lowest BCUT2D eigenvalue weighted by Gasteiger charge is -2.07. The number of thiazole rings is 1. The summed E-state index contributed by atoms with van der Waals surface area (Å²) in [5, 5.41) is 7.56. The largest absolute Gasteiger partial charge is 0.360 e. The Morgan fingerprint density at radius 3 is 2.75 bits per heavy atom. The Morgan fingerprint density at radius 2 is 1.96 bits per heavy atom. The molecule has 0 unspecified atom stereocenters. The van der Waals surface area contributed by atoms with E-state index in [1.54, 1.807) is 16.7 Å². The van der Waals surface area contributed by atoms with Crippen molar-refractivity contribution in [1.82, 2.24) is 9.55 Å². The molecule has 4 aromatic rings. The summed E-state index contributed by atoms with van der Waals surface area (Å²) in [6.45, 7) is 1.05. The molecule has 1 N–H and O–H groups in total. The summed E-state index contributed by atoms with van der Waals surface area (Å²) in [7, 11) is 0. The number of aromatic nitrogens is 2. The molecule has 0 aliphatic carbocycles. The van der Waals surface area contributed by atoms with Crippen LogP contribution in [-0.2, 0) is 11.3 Å². The van der Waals surface area contributed by atoms with Crippen molar-refractivity contribution >= 4 is 39.3 Å². The third kappa shape index (κ3) is 3.57. The molecule has 0 aliphatic heterocycles. The minimum absolute atomic E-state index is 0.280. The predicted octanol–water partition coefficient (Wildman–Crippen LogP) is 4.40. The first-order valence-electron chi connectivity index (χ1n) is 8.68. The summed E-state index contributed by atoms with van der Waals surface area (Å²) in [5.74, 6) is -0.814. The fraction of sp³-hybridized carbons (Fsp3) is 0.0952. The highest BCUT2D eigenvalue weighted by molar-refractivity contribution is 7.14. The summed E-state index contributed by atoms with van der Waals surface area (Å²) in [6.07, 6.45) is 2.22. The number of carbonyl (C=O) groups is 2. The second-order valence-corrected chi connectivity index (χ2v) is 7.07. The molecule has 2 heterocycles. The molecular weight excluding hydrogens is 377 g/mol. The number of benzene rings is 2. The lowest BCUT2D eigenvalue weighted by molar-refractivity contribution is -0.104. The molecule has 0 radical (unpaired) electrons. The van der Waals surface area contributed by atoms with Crippen molar-refractivity contribution in [2.45, 2.75) is 6.54 Å². The lowest BCUT2D eigenvalue weighted by atomic mass is 10.1. The van der Waals surface area contributed by atoms with Crippen LogP contribution in [0.5, 0.6) is 0 Å². The molecule has 0 saturated carbocycles. The number of fused-ring (bicyclic) bond motifs is 1. The number of hydrogen-bond donors (Lipinski definition) is 1. The lowest BCUT2D eigenvalue weighted by Crippen LogP contribution is -2.15. The molecule has 2 aromatic carbocycles. The van der Waals surface area contributed by atoms with Gasteiger partial charge in [-0.15, -0.1) is 11.3 Å². The zero-order valence-corrected chi connectivity index (χ0v) is 15.6. The zero-order chi connectivity index (χ0) is 19.5. The fourth-order valence-corrected chi connectivity index (χ4v) is 3.86. The van der Waals surface area contributed by atoms with Crippen LogP contribution in [0, 0.1) is 5.82 Å². The van der Waals surface area contributed by atoms with E-state index in [4.69, 9.17) is 0 Å². The maximum atomic E-state index is 13.0. The van der Waals surface area contributed by atoms with Crippen LogP contribution in [0.3, 0.4) is 0 Å². The van der Waals surface area contributed by atoms with Crippen molar-refractivity contribution in [1.29, 1.82) is 0 Å². The Kier molecular flexibility index (Phi) is 4.99. The van der Waals surface area contributed by atoms with Gasteiger partial charge in [-0.3, -0.25) is 9.59 Å². The summed E-state index contributed by atoms with van der Waals surface area (Å²) in [4.78, 5) is 27.6. The van der Waals surface area contributed by atoms with Gasteiger partial charge in [0, 0.05) is 41.0 Å². The minimum atomic E-state index is -0.533. The zero-order valence-electron chi connectivity index (χ0n) is 14.8. The normalized spacial score (nSPS) is 10.9. The van der Waals surface area contributed by atoms with Crippen LogP contribution in [0.2, 0.25) is 0 Å². The molecule has 28 heavy (non-hydrogen) atoms. The molecule has 4 rings (SSSR count). The van der Waals surface area contributed by atoms with Crippen LogP contribution >= 0.6 is 11.3 Å². The van der Waals surface area contributed by atoms with Gasteiger partial charge >= 0.3 is 0 Å². The molecule has 2 aromatic heterocycles. The van der Waals surface area contributed by atoms with Crippen LogP contribution in [0.25, 0.3) is 22.0 Å². The van der Waals surface area contributed by atoms with Gasteiger partial charge in [-0.1, -0.05) is 24.3 Å². The molecule has 0 fully saturated rings. The summed E-state index contributed by atoms with van der Waals surface area (Å²) >= 11 is 1.46. The first-order chi connectivity index (χ1) is 13.7. The highest BCUT2D eigenvalue weighted by Gasteiger charge is 2.15. The minimum Gasteiger partial charge on any atom is -0.360 e. The van der Waals surface area contributed by atoms with E-state index >= 15 is 0 Å². The van der Waals surface area contributed by atoms with Crippen molar-refractivity contribution in [3.63, 3.8) is 0 Å². The van der Waals surface area contributed by atoms with Crippen LogP contribution in [-0.4, -0.2) is 28.2 Å². The van der Waals surface area contributed by atoms with E-state index < -0.39 is 5.78 Å². The van der Waals surface area contributed by atoms with E-state index in [2.05, 4.69) is 10.3 Å². The number of halogens is 1. The van der Waals surface area contributed by atoms with Gasteiger partial charge in [-0.25, -0.2) is 9.37 Å². The SMILES string of the molecule is O=CC(=O)c1c2ccccc2cn1CCNc1nc(-c2ccc(F)cc2)cs1. The Balaban J connectivity index is 1.48. The second-order valence-electron chi connectivity index (χ2n) is 6.21. The van der Waals surface area contributed by atoms with Crippen LogP contribution in [0.4, 0.5) is 9.52 Å². The average molecular weight is 393 g/mol. The molecule has 0 spiro atoms. The standard InChI is InChI=1S/C21H16FN3O2S/c22-16-7-5-14(6-8-16)18-13-28-21(24-18)23-9-10-25-11-15-3-1-2-4-17(15)20(25)19(27)12-26/h1-8,11-13H,9-10H2,(H,23,24). The van der Waals surface area contributed by atoms with Gasteiger partial charge in [-0.05, 0) is 24.3 Å². The summed E-state index contributed by atoms with van der Waals surface area (Å²) in [5.41, 5.74) is 2.02. The number of rotatable bonds is 7. The maximum Gasteiger partial charge on any atom is 0.242 e. The molecule has 0 aliphatic rings. The summed E-state index contributed by atoms with van der Waals surface area (Å²) in [6, 6.07) is 13.7. The van der Waals surface area contributed by atoms with Crippen LogP contribution in [0.1, 0.15) is 10.5 Å². The van der Waals surface area contributed by atoms with E-state index in [-0.39, 0.29) is 5.82 Å². The van der Waals surface area contributed by atoms with Crippen molar-refractivity contribution in [3.8, 4) is 11.3 Å². The number of nitrogens with zero attached hydrogens (tertiary/aromatic N) is 2. The Morgan fingerprint density at radius 1 is 1.18 bits per heavy atom. The van der Waals surface area contributed by atoms with Crippen molar-refractivity contribution in [3.05, 3.63) is 71.6 Å². The maximum absolute atomic E-state index is 13.0. The van der Waals surface area contributed by atoms with Crippen LogP contribution < -0.4 is 5.32 Å². The van der Waals surface area contributed by atoms with Crippen molar-refractivity contribution < 1.29 is 14.0 Å². The van der Waals surface area contributed by atoms with E-state index in [0.717, 1.165) is 27.2 Å². The monoisotopic (exact) mass is 393 g/mol. The smallest absolute Gasteiger partial charge is 0.242 e. The Hall–Kier alpha value is -3.32. The number of nitrogens with one attached hydrogen (secondary N) is 1. The number of anilines is 1.